The summed E-state index contributed by atoms with van der Waals surface area (Å²) in [4.78, 5) is 38.6. The molecule has 0 bridgehead atoms. The number of hydrogen-bond acceptors (Lipinski definition) is 3. The number of carboxylic acids is 1. The van der Waals surface area contributed by atoms with Gasteiger partial charge in [0.25, 0.3) is 0 Å². The van der Waals surface area contributed by atoms with E-state index in [4.69, 9.17) is 0 Å². The van der Waals surface area contributed by atoms with Gasteiger partial charge < -0.3 is 15.3 Å². The first-order valence-electron chi connectivity index (χ1n) is 11.6. The van der Waals surface area contributed by atoms with Crippen molar-refractivity contribution in [2.75, 3.05) is 13.1 Å². The molecule has 6 nitrogen and oxygen atoms in total. The second kappa shape index (κ2) is 14.6. The van der Waals surface area contributed by atoms with Gasteiger partial charge in [0.1, 0.15) is 6.04 Å². The van der Waals surface area contributed by atoms with Crippen molar-refractivity contribution in [3.8, 4) is 0 Å². The van der Waals surface area contributed by atoms with Gasteiger partial charge in [0, 0.05) is 31.8 Å². The summed E-state index contributed by atoms with van der Waals surface area (Å²) in [5.74, 6) is -0.929. The molecule has 1 rings (SSSR count). The zero-order valence-corrected chi connectivity index (χ0v) is 19.6. The lowest BCUT2D eigenvalue weighted by atomic mass is 10.0. The number of carbonyl (C=O) groups excluding carboxylic acids is 2. The Bertz CT molecular complexity index is 677. The van der Waals surface area contributed by atoms with Gasteiger partial charge in [0.15, 0.2) is 0 Å². The van der Waals surface area contributed by atoms with Gasteiger partial charge >= 0.3 is 5.97 Å². The minimum absolute atomic E-state index is 0.144. The molecule has 0 heterocycles. The molecule has 1 aromatic carbocycles. The highest BCUT2D eigenvalue weighted by atomic mass is 16.4. The van der Waals surface area contributed by atoms with Crippen LogP contribution in [0.25, 0.3) is 0 Å². The van der Waals surface area contributed by atoms with Crippen LogP contribution in [0.15, 0.2) is 30.3 Å². The molecule has 1 aromatic rings. The van der Waals surface area contributed by atoms with Crippen LogP contribution in [0.2, 0.25) is 0 Å². The summed E-state index contributed by atoms with van der Waals surface area (Å²) in [6.07, 6.45) is 5.24. The maximum absolute atomic E-state index is 12.6. The first-order valence-corrected chi connectivity index (χ1v) is 11.6. The molecule has 2 amide bonds. The summed E-state index contributed by atoms with van der Waals surface area (Å²) >= 11 is 0. The molecule has 0 aromatic heterocycles. The van der Waals surface area contributed by atoms with Crippen LogP contribution in [0.5, 0.6) is 0 Å². The highest BCUT2D eigenvalue weighted by Crippen LogP contribution is 2.14. The molecule has 0 fully saturated rings. The summed E-state index contributed by atoms with van der Waals surface area (Å²) in [6, 6.07) is 8.30. The minimum Gasteiger partial charge on any atom is -0.480 e. The van der Waals surface area contributed by atoms with Gasteiger partial charge in [-0.25, -0.2) is 4.79 Å². The molecule has 31 heavy (non-hydrogen) atoms. The Morgan fingerprint density at radius 2 is 1.71 bits per heavy atom. The summed E-state index contributed by atoms with van der Waals surface area (Å²) in [6.45, 7) is 9.39. The van der Waals surface area contributed by atoms with Crippen LogP contribution in [0.4, 0.5) is 0 Å². The average Bonchev–Trinajstić information content (AvgIpc) is 2.76. The Kier molecular flexibility index (Phi) is 12.6. The Morgan fingerprint density at radius 3 is 2.29 bits per heavy atom. The number of nitrogens with zero attached hydrogens (tertiary/aromatic N) is 1. The molecule has 0 unspecified atom stereocenters. The topological polar surface area (TPSA) is 86.7 Å². The van der Waals surface area contributed by atoms with E-state index >= 15 is 0 Å². The number of rotatable bonds is 15. The number of benzene rings is 1. The predicted molar refractivity (Wildman–Crippen MR) is 124 cm³/mol. The number of amides is 2. The van der Waals surface area contributed by atoms with Crippen molar-refractivity contribution in [2.45, 2.75) is 78.7 Å². The van der Waals surface area contributed by atoms with Gasteiger partial charge in [0.05, 0.1) is 0 Å². The van der Waals surface area contributed by atoms with Gasteiger partial charge in [-0.15, -0.1) is 0 Å². The highest BCUT2D eigenvalue weighted by Gasteiger charge is 2.24. The van der Waals surface area contributed by atoms with Crippen molar-refractivity contribution in [3.63, 3.8) is 0 Å². The molecule has 0 radical (unpaired) electrons. The van der Waals surface area contributed by atoms with E-state index in [0.717, 1.165) is 31.2 Å². The molecule has 0 aliphatic carbocycles. The van der Waals surface area contributed by atoms with E-state index in [2.05, 4.69) is 19.2 Å². The third kappa shape index (κ3) is 10.5. The molecule has 0 saturated carbocycles. The fourth-order valence-corrected chi connectivity index (χ4v) is 3.44. The molecule has 3 atom stereocenters. The normalized spacial score (nSPS) is 13.8. The smallest absolute Gasteiger partial charge is 0.326 e. The lowest BCUT2D eigenvalue weighted by Gasteiger charge is -2.24. The van der Waals surface area contributed by atoms with Crippen LogP contribution in [-0.4, -0.2) is 46.9 Å². The van der Waals surface area contributed by atoms with E-state index in [1.807, 2.05) is 42.2 Å². The monoisotopic (exact) mass is 432 g/mol. The Balaban J connectivity index is 2.55. The Hall–Kier alpha value is -2.37. The molecule has 2 N–H and O–H groups in total. The van der Waals surface area contributed by atoms with Crippen LogP contribution < -0.4 is 5.32 Å². The van der Waals surface area contributed by atoms with Crippen molar-refractivity contribution in [3.05, 3.63) is 35.9 Å². The van der Waals surface area contributed by atoms with Gasteiger partial charge in [-0.1, -0.05) is 70.9 Å². The van der Waals surface area contributed by atoms with E-state index in [1.165, 1.54) is 0 Å². The van der Waals surface area contributed by atoms with Gasteiger partial charge in [-0.3, -0.25) is 9.59 Å². The molecule has 174 valence electrons. The fourth-order valence-electron chi connectivity index (χ4n) is 3.44. The van der Waals surface area contributed by atoms with E-state index in [-0.39, 0.29) is 24.2 Å². The van der Waals surface area contributed by atoms with Crippen LogP contribution in [0, 0.1) is 11.8 Å². The SMILES string of the molecule is CCCN(CC[C@@H](C)C(=O)N[C@@H](Cc1ccccc1)C(=O)O)C(=O)CCC[C@@H](C)CC. The zero-order valence-electron chi connectivity index (χ0n) is 19.6. The lowest BCUT2D eigenvalue weighted by Crippen LogP contribution is -2.45. The molecule has 0 aliphatic heterocycles. The second-order valence-electron chi connectivity index (χ2n) is 8.57. The van der Waals surface area contributed by atoms with Gasteiger partial charge in [-0.05, 0) is 30.7 Å². The van der Waals surface area contributed by atoms with Crippen molar-refractivity contribution in [1.29, 1.82) is 0 Å². The minimum atomic E-state index is -1.05. The lowest BCUT2D eigenvalue weighted by molar-refractivity contribution is -0.142. The van der Waals surface area contributed by atoms with Crippen LogP contribution in [0.1, 0.15) is 71.8 Å². The summed E-state index contributed by atoms with van der Waals surface area (Å²) in [5.41, 5.74) is 0.861. The molecular weight excluding hydrogens is 392 g/mol. The number of hydrogen-bond donors (Lipinski definition) is 2. The first-order chi connectivity index (χ1) is 14.8. The first kappa shape index (κ1) is 26.7. The van der Waals surface area contributed by atoms with Crippen molar-refractivity contribution >= 4 is 17.8 Å². The van der Waals surface area contributed by atoms with Crippen LogP contribution >= 0.6 is 0 Å². The molecule has 0 saturated heterocycles. The van der Waals surface area contributed by atoms with Crippen LogP contribution in [0.3, 0.4) is 0 Å². The number of aliphatic carboxylic acids is 1. The van der Waals surface area contributed by atoms with E-state index in [0.29, 0.717) is 31.8 Å². The molecule has 0 aliphatic rings. The van der Waals surface area contributed by atoms with Crippen LogP contribution in [-0.2, 0) is 20.8 Å². The second-order valence-corrected chi connectivity index (χ2v) is 8.57. The third-order valence-corrected chi connectivity index (χ3v) is 5.81. The average molecular weight is 433 g/mol. The molecule has 0 spiro atoms. The maximum Gasteiger partial charge on any atom is 0.326 e. The summed E-state index contributed by atoms with van der Waals surface area (Å²) in [5, 5.41) is 12.2. The quantitative estimate of drug-likeness (QED) is 0.433. The van der Waals surface area contributed by atoms with Gasteiger partial charge in [-0.2, -0.15) is 0 Å². The van der Waals surface area contributed by atoms with E-state index in [9.17, 15) is 19.5 Å². The number of carbonyl (C=O) groups is 3. The number of nitrogens with one attached hydrogen (secondary N) is 1. The zero-order chi connectivity index (χ0) is 23.2. The van der Waals surface area contributed by atoms with E-state index in [1.54, 1.807) is 6.92 Å². The van der Waals surface area contributed by atoms with E-state index < -0.39 is 12.0 Å². The highest BCUT2D eigenvalue weighted by molar-refractivity contribution is 5.85. The maximum atomic E-state index is 12.6. The van der Waals surface area contributed by atoms with Crippen molar-refractivity contribution in [2.24, 2.45) is 11.8 Å². The predicted octanol–water partition coefficient (Wildman–Crippen LogP) is 4.28. The third-order valence-electron chi connectivity index (χ3n) is 5.81. The number of carboxylic acid groups (broad SMARTS) is 1. The Labute approximate surface area is 187 Å². The summed E-state index contributed by atoms with van der Waals surface area (Å²) in [7, 11) is 0. The summed E-state index contributed by atoms with van der Waals surface area (Å²) < 4.78 is 0. The van der Waals surface area contributed by atoms with Crippen molar-refractivity contribution in [1.82, 2.24) is 10.2 Å². The van der Waals surface area contributed by atoms with Crippen molar-refractivity contribution < 1.29 is 19.5 Å². The standard InChI is InChI=1S/C25H40N2O4/c1-5-16-27(23(28)14-10-11-19(3)6-2)17-15-20(4)24(29)26-22(25(30)31)18-21-12-8-7-9-13-21/h7-9,12-13,19-20,22H,5-6,10-11,14-18H2,1-4H3,(H,26,29)(H,30,31)/t19-,20+,22-/m0/s1. The van der Waals surface area contributed by atoms with Gasteiger partial charge in [0.2, 0.25) is 11.8 Å². The largest absolute Gasteiger partial charge is 0.480 e. The fraction of sp³-hybridized carbons (Fsp3) is 0.640. The molecule has 6 heteroatoms. The Morgan fingerprint density at radius 1 is 1.03 bits per heavy atom. The molecular formula is C25H40N2O4.